The van der Waals surface area contributed by atoms with Crippen LogP contribution in [0, 0.1) is 18.7 Å². The van der Waals surface area contributed by atoms with Crippen molar-refractivity contribution in [1.29, 1.82) is 0 Å². The molecule has 1 N–H and O–H groups in total. The third-order valence-corrected chi connectivity index (χ3v) is 5.41. The van der Waals surface area contributed by atoms with Crippen molar-refractivity contribution in [3.8, 4) is 5.69 Å². The maximum Gasteiger partial charge on any atom is 0.229 e. The first-order valence-electron chi connectivity index (χ1n) is 10.1. The smallest absolute Gasteiger partial charge is 0.229 e. The molecule has 0 saturated carbocycles. The Hall–Kier alpha value is -3.62. The van der Waals surface area contributed by atoms with E-state index in [0.29, 0.717) is 24.0 Å². The van der Waals surface area contributed by atoms with Crippen LogP contribution in [0.25, 0.3) is 5.69 Å². The van der Waals surface area contributed by atoms with Crippen molar-refractivity contribution < 1.29 is 14.0 Å². The monoisotopic (exact) mass is 422 g/mol. The normalized spacial score (nSPS) is 16.2. The Labute approximate surface area is 179 Å². The summed E-state index contributed by atoms with van der Waals surface area (Å²) in [5.74, 6) is -0.637. The number of carbonyl (C=O) groups excluding carboxylic acids is 2. The number of nitrogens with zero attached hydrogens (tertiary/aromatic N) is 5. The van der Waals surface area contributed by atoms with Crippen molar-refractivity contribution in [3.63, 3.8) is 0 Å². The highest BCUT2D eigenvalue weighted by molar-refractivity contribution is 6.03. The number of tetrazole rings is 1. The van der Waals surface area contributed by atoms with E-state index in [9.17, 15) is 14.0 Å². The predicted molar refractivity (Wildman–Crippen MR) is 113 cm³/mol. The lowest BCUT2D eigenvalue weighted by Gasteiger charge is -2.18. The van der Waals surface area contributed by atoms with E-state index >= 15 is 0 Å². The average molecular weight is 422 g/mol. The van der Waals surface area contributed by atoms with Gasteiger partial charge in [-0.05, 0) is 59.2 Å². The molecule has 2 amide bonds. The van der Waals surface area contributed by atoms with Gasteiger partial charge < -0.3 is 10.2 Å². The molecule has 1 aromatic heterocycles. The summed E-state index contributed by atoms with van der Waals surface area (Å²) in [5.41, 5.74) is 2.47. The third kappa shape index (κ3) is 4.16. The predicted octanol–water partition coefficient (Wildman–Crippen LogP) is 3.22. The minimum Gasteiger partial charge on any atom is -0.326 e. The van der Waals surface area contributed by atoms with Gasteiger partial charge in [0.15, 0.2) is 5.82 Å². The van der Waals surface area contributed by atoms with Crippen LogP contribution in [-0.4, -0.2) is 38.6 Å². The fourth-order valence-corrected chi connectivity index (χ4v) is 3.64. The number of halogens is 1. The van der Waals surface area contributed by atoms with Crippen molar-refractivity contribution >= 4 is 23.2 Å². The van der Waals surface area contributed by atoms with Crippen LogP contribution in [0.3, 0.4) is 0 Å². The SMILES string of the molecule is Cc1nnnn1-c1cc(NC(=O)C2CC(=O)N(c3cccc(C(C)C)c3)C2)ccc1F. The standard InChI is InChI=1S/C22H23FN6O2/c1-13(2)15-5-4-6-18(9-15)28-12-16(10-21(28)30)22(31)24-17-7-8-19(23)20(11-17)29-14(3)25-26-27-29/h4-9,11,13,16H,10,12H2,1-3H3,(H,24,31). The molecule has 1 fully saturated rings. The van der Waals surface area contributed by atoms with Gasteiger partial charge >= 0.3 is 0 Å². The molecule has 1 saturated heterocycles. The molecular weight excluding hydrogens is 399 g/mol. The van der Waals surface area contributed by atoms with Crippen molar-refractivity contribution in [2.45, 2.75) is 33.1 Å². The van der Waals surface area contributed by atoms with Gasteiger partial charge in [-0.1, -0.05) is 26.0 Å². The van der Waals surface area contributed by atoms with E-state index in [1.165, 1.54) is 22.9 Å². The molecule has 1 unspecified atom stereocenters. The number of rotatable bonds is 5. The number of anilines is 2. The topological polar surface area (TPSA) is 93.0 Å². The first-order valence-corrected chi connectivity index (χ1v) is 10.1. The van der Waals surface area contributed by atoms with E-state index in [2.05, 4.69) is 34.7 Å². The van der Waals surface area contributed by atoms with E-state index in [4.69, 9.17) is 0 Å². The molecule has 1 aliphatic heterocycles. The summed E-state index contributed by atoms with van der Waals surface area (Å²) in [4.78, 5) is 27.1. The highest BCUT2D eigenvalue weighted by Crippen LogP contribution is 2.29. The van der Waals surface area contributed by atoms with Gasteiger partial charge in [-0.3, -0.25) is 9.59 Å². The number of aromatic nitrogens is 4. The van der Waals surface area contributed by atoms with E-state index in [0.717, 1.165) is 11.3 Å². The Morgan fingerprint density at radius 2 is 2.03 bits per heavy atom. The van der Waals surface area contributed by atoms with Gasteiger partial charge in [-0.2, -0.15) is 4.68 Å². The molecule has 1 aliphatic rings. The van der Waals surface area contributed by atoms with E-state index in [-0.39, 0.29) is 23.9 Å². The highest BCUT2D eigenvalue weighted by atomic mass is 19.1. The van der Waals surface area contributed by atoms with Crippen LogP contribution in [-0.2, 0) is 9.59 Å². The van der Waals surface area contributed by atoms with Crippen molar-refractivity contribution in [2.75, 3.05) is 16.8 Å². The quantitative estimate of drug-likeness (QED) is 0.682. The van der Waals surface area contributed by atoms with Gasteiger partial charge in [-0.15, -0.1) is 5.10 Å². The van der Waals surface area contributed by atoms with Crippen LogP contribution >= 0.6 is 0 Å². The Morgan fingerprint density at radius 3 is 2.74 bits per heavy atom. The Balaban J connectivity index is 1.49. The number of hydrogen-bond acceptors (Lipinski definition) is 5. The largest absolute Gasteiger partial charge is 0.326 e. The number of hydrogen-bond donors (Lipinski definition) is 1. The number of benzene rings is 2. The highest BCUT2D eigenvalue weighted by Gasteiger charge is 2.35. The summed E-state index contributed by atoms with van der Waals surface area (Å²) >= 11 is 0. The Morgan fingerprint density at radius 1 is 1.23 bits per heavy atom. The van der Waals surface area contributed by atoms with E-state index in [1.54, 1.807) is 11.8 Å². The number of aryl methyl sites for hydroxylation is 1. The minimum absolute atomic E-state index is 0.0924. The summed E-state index contributed by atoms with van der Waals surface area (Å²) in [6, 6.07) is 12.0. The van der Waals surface area contributed by atoms with Gasteiger partial charge in [-0.25, -0.2) is 4.39 Å². The summed E-state index contributed by atoms with van der Waals surface area (Å²) < 4.78 is 15.5. The zero-order valence-electron chi connectivity index (χ0n) is 17.5. The molecular formula is C22H23FN6O2. The molecule has 0 spiro atoms. The molecule has 0 aliphatic carbocycles. The average Bonchev–Trinajstić information content (AvgIpc) is 3.35. The van der Waals surface area contributed by atoms with Crippen LogP contribution in [0.2, 0.25) is 0 Å². The van der Waals surface area contributed by atoms with Crippen LogP contribution in [0.1, 0.15) is 37.6 Å². The molecule has 0 radical (unpaired) electrons. The molecule has 3 aromatic rings. The van der Waals surface area contributed by atoms with Crippen LogP contribution in [0.15, 0.2) is 42.5 Å². The first kappa shape index (κ1) is 20.6. The minimum atomic E-state index is -0.513. The number of amides is 2. The molecule has 31 heavy (non-hydrogen) atoms. The molecule has 4 rings (SSSR count). The van der Waals surface area contributed by atoms with Gasteiger partial charge in [0.1, 0.15) is 11.5 Å². The van der Waals surface area contributed by atoms with E-state index in [1.807, 2.05) is 24.3 Å². The van der Waals surface area contributed by atoms with Crippen LogP contribution in [0.5, 0.6) is 0 Å². The summed E-state index contributed by atoms with van der Waals surface area (Å²) in [5, 5.41) is 13.8. The summed E-state index contributed by atoms with van der Waals surface area (Å²) in [6.45, 7) is 6.13. The lowest BCUT2D eigenvalue weighted by atomic mass is 10.0. The van der Waals surface area contributed by atoms with Gasteiger partial charge in [0.2, 0.25) is 11.8 Å². The van der Waals surface area contributed by atoms with Crippen LogP contribution < -0.4 is 10.2 Å². The third-order valence-electron chi connectivity index (χ3n) is 5.41. The maximum atomic E-state index is 14.3. The Kier molecular flexibility index (Phi) is 5.50. The Bertz CT molecular complexity index is 1140. The lowest BCUT2D eigenvalue weighted by molar-refractivity contribution is -0.122. The van der Waals surface area contributed by atoms with Crippen molar-refractivity contribution in [3.05, 3.63) is 59.7 Å². The fourth-order valence-electron chi connectivity index (χ4n) is 3.64. The fraction of sp³-hybridized carbons (Fsp3) is 0.318. The molecule has 2 aromatic carbocycles. The molecule has 9 heteroatoms. The molecule has 8 nitrogen and oxygen atoms in total. The lowest BCUT2D eigenvalue weighted by Crippen LogP contribution is -2.28. The molecule has 160 valence electrons. The van der Waals surface area contributed by atoms with E-state index < -0.39 is 11.7 Å². The maximum absolute atomic E-state index is 14.3. The second-order valence-electron chi connectivity index (χ2n) is 7.95. The summed E-state index contributed by atoms with van der Waals surface area (Å²) in [7, 11) is 0. The molecule has 0 bridgehead atoms. The number of nitrogens with one attached hydrogen (secondary N) is 1. The molecule has 2 heterocycles. The molecule has 1 atom stereocenters. The zero-order valence-corrected chi connectivity index (χ0v) is 17.5. The van der Waals surface area contributed by atoms with Crippen molar-refractivity contribution in [1.82, 2.24) is 20.2 Å². The summed E-state index contributed by atoms with van der Waals surface area (Å²) in [6.07, 6.45) is 0.123. The van der Waals surface area contributed by atoms with Gasteiger partial charge in [0.25, 0.3) is 0 Å². The first-order chi connectivity index (χ1) is 14.8. The van der Waals surface area contributed by atoms with Gasteiger partial charge in [0, 0.05) is 24.3 Å². The second kappa shape index (κ2) is 8.25. The van der Waals surface area contributed by atoms with Gasteiger partial charge in [0.05, 0.1) is 5.92 Å². The van der Waals surface area contributed by atoms with Crippen LogP contribution in [0.4, 0.5) is 15.8 Å². The van der Waals surface area contributed by atoms with Crippen molar-refractivity contribution in [2.24, 2.45) is 5.92 Å². The zero-order chi connectivity index (χ0) is 22.1. The second-order valence-corrected chi connectivity index (χ2v) is 7.95. The number of carbonyl (C=O) groups is 2.